The van der Waals surface area contributed by atoms with Crippen molar-refractivity contribution < 1.29 is 9.05 Å². The van der Waals surface area contributed by atoms with E-state index in [1.54, 1.807) is 37.5 Å². The molecule has 0 aliphatic carbocycles. The number of nitrogens with zero attached hydrogens (tertiary/aromatic N) is 6. The number of pyridine rings is 2. The fourth-order valence-corrected chi connectivity index (χ4v) is 2.92. The number of aromatic nitrogens is 6. The second kappa shape index (κ2) is 8.42. The first-order valence-electron chi connectivity index (χ1n) is 9.22. The molecule has 9 nitrogen and oxygen atoms in total. The molecule has 10 heteroatoms. The van der Waals surface area contributed by atoms with Gasteiger partial charge < -0.3 is 14.4 Å². The van der Waals surface area contributed by atoms with E-state index in [0.717, 1.165) is 23.2 Å². The van der Waals surface area contributed by atoms with Gasteiger partial charge >= 0.3 is 0 Å². The van der Waals surface area contributed by atoms with Crippen LogP contribution in [0, 0.1) is 13.8 Å². The first-order valence-corrected chi connectivity index (χ1v) is 9.60. The Morgan fingerprint density at radius 2 is 1.90 bits per heavy atom. The number of hydrogen-bond acceptors (Lipinski definition) is 9. The summed E-state index contributed by atoms with van der Waals surface area (Å²) in [6.45, 7) is 5.69. The smallest absolute Gasteiger partial charge is 0.258 e. The molecule has 0 atom stereocenters. The number of halogens is 1. The summed E-state index contributed by atoms with van der Waals surface area (Å²) in [5.41, 5.74) is 3.31. The van der Waals surface area contributed by atoms with Crippen molar-refractivity contribution in [2.24, 2.45) is 0 Å². The number of hydrogen-bond donors (Lipinski definition) is 1. The fraction of sp³-hybridized carbons (Fsp3) is 0.200. The monoisotopic (exact) mass is 423 g/mol. The molecule has 4 aromatic rings. The van der Waals surface area contributed by atoms with E-state index in [9.17, 15) is 0 Å². The van der Waals surface area contributed by atoms with Crippen molar-refractivity contribution in [3.8, 4) is 11.5 Å². The third-order valence-electron chi connectivity index (χ3n) is 4.29. The molecule has 0 radical (unpaired) electrons. The maximum Gasteiger partial charge on any atom is 0.258 e. The largest absolute Gasteiger partial charge is 0.339 e. The number of aryl methyl sites for hydroxylation is 2. The molecule has 1 N–H and O–H groups in total. The van der Waals surface area contributed by atoms with Crippen LogP contribution in [-0.2, 0) is 6.42 Å². The van der Waals surface area contributed by atoms with Gasteiger partial charge in [0.25, 0.3) is 11.8 Å². The highest BCUT2D eigenvalue weighted by molar-refractivity contribution is 6.29. The van der Waals surface area contributed by atoms with E-state index < -0.39 is 0 Å². The highest BCUT2D eigenvalue weighted by atomic mass is 35.5. The van der Waals surface area contributed by atoms with E-state index in [4.69, 9.17) is 20.6 Å². The molecule has 4 heterocycles. The van der Waals surface area contributed by atoms with Crippen molar-refractivity contribution in [2.75, 3.05) is 5.32 Å². The van der Waals surface area contributed by atoms with Crippen LogP contribution in [0.4, 0.5) is 11.5 Å². The Bertz CT molecular complexity index is 1220. The Morgan fingerprint density at radius 1 is 1.03 bits per heavy atom. The molecule has 0 unspecified atom stereocenters. The van der Waals surface area contributed by atoms with E-state index in [1.807, 2.05) is 19.9 Å². The van der Waals surface area contributed by atoms with Crippen LogP contribution in [0.15, 0.2) is 33.6 Å². The summed E-state index contributed by atoms with van der Waals surface area (Å²) in [7, 11) is 0. The molecule has 4 aromatic heterocycles. The predicted molar refractivity (Wildman–Crippen MR) is 112 cm³/mol. The molecule has 30 heavy (non-hydrogen) atoms. The Labute approximate surface area is 177 Å². The van der Waals surface area contributed by atoms with Gasteiger partial charge in [0.15, 0.2) is 11.6 Å². The lowest BCUT2D eigenvalue weighted by molar-refractivity contribution is 0.403. The third-order valence-corrected chi connectivity index (χ3v) is 4.48. The maximum atomic E-state index is 6.18. The highest BCUT2D eigenvalue weighted by Crippen LogP contribution is 2.27. The van der Waals surface area contributed by atoms with Crippen molar-refractivity contribution in [1.29, 1.82) is 0 Å². The standard InChI is InChI=1S/C20H18ClN7O2/c1-4-17-26-19(29-28-17)6-5-13-9-22-10-15(11(13)2)24-18-8-14(7-16(21)25-18)20-23-12(3)27-30-20/h5-10H,4H2,1-3H3,(H,24,25)/b6-5+. The Kier molecular flexibility index (Phi) is 5.53. The summed E-state index contributed by atoms with van der Waals surface area (Å²) < 4.78 is 10.4. The van der Waals surface area contributed by atoms with Gasteiger partial charge in [0.05, 0.1) is 11.9 Å². The quantitative estimate of drug-likeness (QED) is 0.442. The molecule has 0 saturated carbocycles. The molecule has 0 amide bonds. The minimum atomic E-state index is 0.302. The lowest BCUT2D eigenvalue weighted by Crippen LogP contribution is -1.99. The van der Waals surface area contributed by atoms with Gasteiger partial charge in [-0.3, -0.25) is 4.98 Å². The van der Waals surface area contributed by atoms with Gasteiger partial charge in [-0.15, -0.1) is 0 Å². The molecule has 0 spiro atoms. The van der Waals surface area contributed by atoms with Gasteiger partial charge in [0.2, 0.25) is 0 Å². The summed E-state index contributed by atoms with van der Waals surface area (Å²) in [5, 5.41) is 11.2. The molecule has 0 fully saturated rings. The van der Waals surface area contributed by atoms with Gasteiger partial charge in [-0.1, -0.05) is 28.8 Å². The molecule has 0 aliphatic heterocycles. The maximum absolute atomic E-state index is 6.18. The zero-order valence-electron chi connectivity index (χ0n) is 16.5. The van der Waals surface area contributed by atoms with Crippen LogP contribution in [0.2, 0.25) is 5.15 Å². The third kappa shape index (κ3) is 4.36. The Hall–Kier alpha value is -3.59. The van der Waals surface area contributed by atoms with Crippen LogP contribution in [-0.4, -0.2) is 30.2 Å². The van der Waals surface area contributed by atoms with E-state index in [2.05, 4.69) is 35.6 Å². The van der Waals surface area contributed by atoms with E-state index in [-0.39, 0.29) is 0 Å². The van der Waals surface area contributed by atoms with Crippen molar-refractivity contribution in [3.05, 3.63) is 58.3 Å². The van der Waals surface area contributed by atoms with Crippen LogP contribution < -0.4 is 5.32 Å². The average molecular weight is 424 g/mol. The molecule has 152 valence electrons. The lowest BCUT2D eigenvalue weighted by atomic mass is 10.1. The molecule has 0 saturated heterocycles. The van der Waals surface area contributed by atoms with E-state index >= 15 is 0 Å². The molecule has 0 aromatic carbocycles. The summed E-state index contributed by atoms with van der Waals surface area (Å²) in [6.07, 6.45) is 7.82. The highest BCUT2D eigenvalue weighted by Gasteiger charge is 2.11. The zero-order chi connectivity index (χ0) is 21.1. The molecular formula is C20H18ClN7O2. The Balaban J connectivity index is 1.59. The van der Waals surface area contributed by atoms with Gasteiger partial charge in [0, 0.05) is 24.3 Å². The number of nitrogens with one attached hydrogen (secondary N) is 1. The van der Waals surface area contributed by atoms with Gasteiger partial charge in [-0.2, -0.15) is 9.97 Å². The van der Waals surface area contributed by atoms with Crippen molar-refractivity contribution in [2.45, 2.75) is 27.2 Å². The number of rotatable bonds is 6. The SMILES string of the molecule is CCc1noc(/C=C/c2cncc(Nc3cc(-c4nc(C)no4)cc(Cl)n3)c2C)n1. The van der Waals surface area contributed by atoms with Crippen molar-refractivity contribution >= 4 is 35.3 Å². The molecule has 0 aliphatic rings. The van der Waals surface area contributed by atoms with E-state index in [0.29, 0.717) is 40.0 Å². The van der Waals surface area contributed by atoms with Gasteiger partial charge in [-0.25, -0.2) is 4.98 Å². The molecule has 0 bridgehead atoms. The normalized spacial score (nSPS) is 11.3. The molecule has 4 rings (SSSR count). The second-order valence-electron chi connectivity index (χ2n) is 6.47. The first-order chi connectivity index (χ1) is 14.5. The second-order valence-corrected chi connectivity index (χ2v) is 6.86. The van der Waals surface area contributed by atoms with Gasteiger partial charge in [0.1, 0.15) is 11.0 Å². The van der Waals surface area contributed by atoms with Crippen molar-refractivity contribution in [1.82, 2.24) is 30.2 Å². The minimum Gasteiger partial charge on any atom is -0.339 e. The topological polar surface area (TPSA) is 116 Å². The summed E-state index contributed by atoms with van der Waals surface area (Å²) in [5.74, 6) is 2.56. The lowest BCUT2D eigenvalue weighted by Gasteiger charge is -2.11. The predicted octanol–water partition coefficient (Wildman–Crippen LogP) is 4.66. The fourth-order valence-electron chi connectivity index (χ4n) is 2.71. The van der Waals surface area contributed by atoms with Gasteiger partial charge in [-0.05, 0) is 43.2 Å². The molecular weight excluding hydrogens is 406 g/mol. The van der Waals surface area contributed by atoms with Crippen LogP contribution in [0.5, 0.6) is 0 Å². The Morgan fingerprint density at radius 3 is 2.63 bits per heavy atom. The summed E-state index contributed by atoms with van der Waals surface area (Å²) >= 11 is 6.18. The first kappa shape index (κ1) is 19.7. The van der Waals surface area contributed by atoms with Crippen molar-refractivity contribution in [3.63, 3.8) is 0 Å². The van der Waals surface area contributed by atoms with E-state index in [1.165, 1.54) is 0 Å². The van der Waals surface area contributed by atoms with Crippen LogP contribution in [0.1, 0.15) is 35.6 Å². The summed E-state index contributed by atoms with van der Waals surface area (Å²) in [6, 6.07) is 3.45. The summed E-state index contributed by atoms with van der Waals surface area (Å²) in [4.78, 5) is 17.1. The average Bonchev–Trinajstić information content (AvgIpc) is 3.37. The minimum absolute atomic E-state index is 0.302. The van der Waals surface area contributed by atoms with Crippen LogP contribution in [0.3, 0.4) is 0 Å². The number of anilines is 2. The van der Waals surface area contributed by atoms with Crippen LogP contribution in [0.25, 0.3) is 23.6 Å². The zero-order valence-corrected chi connectivity index (χ0v) is 17.3. The van der Waals surface area contributed by atoms with Crippen LogP contribution >= 0.6 is 11.6 Å².